The van der Waals surface area contributed by atoms with E-state index in [4.69, 9.17) is 4.74 Å². The Labute approximate surface area is 206 Å². The van der Waals surface area contributed by atoms with E-state index in [1.807, 2.05) is 0 Å². The fourth-order valence-corrected chi connectivity index (χ4v) is 4.92. The van der Waals surface area contributed by atoms with Gasteiger partial charge in [-0.2, -0.15) is 0 Å². The third-order valence-corrected chi connectivity index (χ3v) is 6.78. The van der Waals surface area contributed by atoms with Crippen molar-refractivity contribution in [2.24, 2.45) is 0 Å². The van der Waals surface area contributed by atoms with Crippen molar-refractivity contribution in [3.05, 3.63) is 88.9 Å². The Bertz CT molecular complexity index is 1440. The summed E-state index contributed by atoms with van der Waals surface area (Å²) in [5.74, 6) is -1.95. The Hall–Kier alpha value is -4.14. The number of rotatable bonds is 6. The summed E-state index contributed by atoms with van der Waals surface area (Å²) < 4.78 is 35.4. The molecule has 4 aromatic rings. The molecule has 2 aromatic carbocycles. The molecule has 0 radical (unpaired) electrons. The molecule has 1 aliphatic carbocycles. The molecule has 9 heteroatoms. The second kappa shape index (κ2) is 9.14. The summed E-state index contributed by atoms with van der Waals surface area (Å²) in [6.07, 6.45) is 4.84. The predicted molar refractivity (Wildman–Crippen MR) is 128 cm³/mol. The lowest BCUT2D eigenvalue weighted by Crippen LogP contribution is -2.44. The predicted octanol–water partition coefficient (Wildman–Crippen LogP) is 5.11. The Morgan fingerprint density at radius 2 is 1.81 bits per heavy atom. The molecule has 0 spiro atoms. The highest BCUT2D eigenvalue weighted by molar-refractivity contribution is 5.95. The van der Waals surface area contributed by atoms with E-state index < -0.39 is 17.2 Å². The lowest BCUT2D eigenvalue weighted by Gasteiger charge is -2.31. The topological polar surface area (TPSA) is 96.1 Å². The minimum Gasteiger partial charge on any atom is -0.504 e. The van der Waals surface area contributed by atoms with Crippen molar-refractivity contribution in [2.75, 3.05) is 0 Å². The van der Waals surface area contributed by atoms with E-state index >= 15 is 0 Å². The van der Waals surface area contributed by atoms with Gasteiger partial charge in [0.2, 0.25) is 0 Å². The standard InChI is InChI=1S/C27H25F2N3O4/c1-16-24(26(35)31-27(11-2-3-12-27)17-9-10-21(33)22(34)14-17)32-13-5-8-23(25(32)30-16)36-15-18-19(28)6-4-7-20(18)29/h4-10,13-14,33-34H,2-3,11-12,15H2,1H3,(H,31,35). The van der Waals surface area contributed by atoms with Crippen LogP contribution in [0.5, 0.6) is 17.2 Å². The molecule has 0 bridgehead atoms. The number of nitrogens with one attached hydrogen (secondary N) is 1. The zero-order valence-electron chi connectivity index (χ0n) is 19.6. The molecule has 0 aliphatic heterocycles. The van der Waals surface area contributed by atoms with Gasteiger partial charge >= 0.3 is 0 Å². The summed E-state index contributed by atoms with van der Waals surface area (Å²) >= 11 is 0. The number of aromatic hydroxyl groups is 2. The second-order valence-electron chi connectivity index (χ2n) is 9.05. The van der Waals surface area contributed by atoms with Gasteiger partial charge in [0.1, 0.15) is 23.9 Å². The lowest BCUT2D eigenvalue weighted by atomic mass is 9.87. The molecule has 0 atom stereocenters. The Balaban J connectivity index is 1.46. The summed E-state index contributed by atoms with van der Waals surface area (Å²) in [6, 6.07) is 11.5. The van der Waals surface area contributed by atoms with Crippen LogP contribution in [0, 0.1) is 18.6 Å². The van der Waals surface area contributed by atoms with E-state index in [-0.39, 0.29) is 35.3 Å². The third kappa shape index (κ3) is 4.10. The molecular formula is C27H25F2N3O4. The SMILES string of the molecule is Cc1nc2c(OCc3c(F)cccc3F)cccn2c1C(=O)NC1(c2ccc(O)c(O)c2)CCCC1. The number of phenols is 2. The van der Waals surface area contributed by atoms with E-state index in [0.717, 1.165) is 25.0 Å². The minimum absolute atomic E-state index is 0.193. The fourth-order valence-electron chi connectivity index (χ4n) is 4.92. The summed E-state index contributed by atoms with van der Waals surface area (Å²) in [5, 5.41) is 22.9. The average molecular weight is 494 g/mol. The van der Waals surface area contributed by atoms with Gasteiger partial charge in [0.25, 0.3) is 5.91 Å². The van der Waals surface area contributed by atoms with Gasteiger partial charge in [-0.3, -0.25) is 9.20 Å². The molecule has 5 rings (SSSR count). The van der Waals surface area contributed by atoms with Crippen molar-refractivity contribution in [1.82, 2.24) is 14.7 Å². The number of aryl methyl sites for hydroxylation is 1. The number of benzene rings is 2. The lowest BCUT2D eigenvalue weighted by molar-refractivity contribution is 0.0891. The van der Waals surface area contributed by atoms with Crippen LogP contribution in [0.4, 0.5) is 8.78 Å². The molecule has 3 N–H and O–H groups in total. The van der Waals surface area contributed by atoms with Crippen LogP contribution in [0.3, 0.4) is 0 Å². The van der Waals surface area contributed by atoms with E-state index in [1.54, 1.807) is 35.7 Å². The van der Waals surface area contributed by atoms with Gasteiger partial charge in [0.15, 0.2) is 22.9 Å². The van der Waals surface area contributed by atoms with Gasteiger partial charge in [0.05, 0.1) is 16.8 Å². The zero-order valence-corrected chi connectivity index (χ0v) is 19.6. The molecule has 0 unspecified atom stereocenters. The van der Waals surface area contributed by atoms with Crippen LogP contribution in [0.2, 0.25) is 0 Å². The number of halogens is 2. The molecule has 36 heavy (non-hydrogen) atoms. The molecule has 2 aromatic heterocycles. The maximum Gasteiger partial charge on any atom is 0.270 e. The first-order valence-electron chi connectivity index (χ1n) is 11.7. The van der Waals surface area contributed by atoms with Gasteiger partial charge in [0, 0.05) is 6.20 Å². The largest absolute Gasteiger partial charge is 0.504 e. The first kappa shape index (κ1) is 23.6. The number of carbonyl (C=O) groups excluding carboxylic acids is 1. The van der Waals surface area contributed by atoms with Crippen molar-refractivity contribution in [2.45, 2.75) is 44.8 Å². The molecular weight excluding hydrogens is 468 g/mol. The fraction of sp³-hybridized carbons (Fsp3) is 0.259. The number of nitrogens with zero attached hydrogens (tertiary/aromatic N) is 2. The van der Waals surface area contributed by atoms with Crippen LogP contribution in [0.25, 0.3) is 5.65 Å². The molecule has 1 amide bonds. The van der Waals surface area contributed by atoms with Crippen LogP contribution in [0.15, 0.2) is 54.7 Å². The number of fused-ring (bicyclic) bond motifs is 1. The van der Waals surface area contributed by atoms with Crippen molar-refractivity contribution >= 4 is 11.6 Å². The van der Waals surface area contributed by atoms with Crippen LogP contribution < -0.4 is 10.1 Å². The number of imidazole rings is 1. The Morgan fingerprint density at radius 1 is 1.08 bits per heavy atom. The van der Waals surface area contributed by atoms with E-state index in [2.05, 4.69) is 10.3 Å². The Morgan fingerprint density at radius 3 is 2.50 bits per heavy atom. The van der Waals surface area contributed by atoms with Gasteiger partial charge in [-0.05, 0) is 61.7 Å². The average Bonchev–Trinajstić information content (AvgIpc) is 3.45. The maximum atomic E-state index is 14.0. The number of phenolic OH excluding ortho intramolecular Hbond substituents is 2. The molecule has 1 aliphatic rings. The number of pyridine rings is 1. The molecule has 1 saturated carbocycles. The van der Waals surface area contributed by atoms with Gasteiger partial charge in [-0.25, -0.2) is 13.8 Å². The van der Waals surface area contributed by atoms with E-state index in [1.165, 1.54) is 18.2 Å². The van der Waals surface area contributed by atoms with Gasteiger partial charge < -0.3 is 20.3 Å². The Kier molecular flexibility index (Phi) is 5.99. The smallest absolute Gasteiger partial charge is 0.270 e. The maximum absolute atomic E-state index is 14.0. The molecule has 186 valence electrons. The summed E-state index contributed by atoms with van der Waals surface area (Å²) in [6.45, 7) is 1.37. The number of carbonyl (C=O) groups is 1. The van der Waals surface area contributed by atoms with Gasteiger partial charge in [-0.1, -0.05) is 25.0 Å². The number of hydrogen-bond acceptors (Lipinski definition) is 5. The highest BCUT2D eigenvalue weighted by Gasteiger charge is 2.38. The molecule has 7 nitrogen and oxygen atoms in total. The van der Waals surface area contributed by atoms with Crippen molar-refractivity contribution < 1.29 is 28.5 Å². The van der Waals surface area contributed by atoms with Crippen molar-refractivity contribution in [1.29, 1.82) is 0 Å². The van der Waals surface area contributed by atoms with Crippen molar-refractivity contribution in [3.63, 3.8) is 0 Å². The molecule has 0 saturated heterocycles. The quantitative estimate of drug-likeness (QED) is 0.325. The zero-order chi connectivity index (χ0) is 25.4. The third-order valence-electron chi connectivity index (χ3n) is 6.78. The molecule has 2 heterocycles. The van der Waals surface area contributed by atoms with E-state index in [0.29, 0.717) is 35.4 Å². The first-order chi connectivity index (χ1) is 17.3. The minimum atomic E-state index is -0.705. The van der Waals surface area contributed by atoms with Crippen molar-refractivity contribution in [3.8, 4) is 17.2 Å². The number of hydrogen-bond donors (Lipinski definition) is 3. The van der Waals surface area contributed by atoms with Crippen LogP contribution in [-0.2, 0) is 12.1 Å². The first-order valence-corrected chi connectivity index (χ1v) is 11.7. The highest BCUT2D eigenvalue weighted by Crippen LogP contribution is 2.41. The normalized spacial score (nSPS) is 14.8. The number of aromatic nitrogens is 2. The van der Waals surface area contributed by atoms with Crippen LogP contribution >= 0.6 is 0 Å². The summed E-state index contributed by atoms with van der Waals surface area (Å²) in [7, 11) is 0. The number of ether oxygens (including phenoxy) is 1. The van der Waals surface area contributed by atoms with Gasteiger partial charge in [-0.15, -0.1) is 0 Å². The monoisotopic (exact) mass is 493 g/mol. The van der Waals surface area contributed by atoms with Crippen LogP contribution in [-0.4, -0.2) is 25.5 Å². The number of amides is 1. The van der Waals surface area contributed by atoms with Crippen LogP contribution in [0.1, 0.15) is 53.0 Å². The summed E-state index contributed by atoms with van der Waals surface area (Å²) in [4.78, 5) is 18.1. The highest BCUT2D eigenvalue weighted by atomic mass is 19.1. The summed E-state index contributed by atoms with van der Waals surface area (Å²) in [5.41, 5.74) is 0.936. The van der Waals surface area contributed by atoms with E-state index in [9.17, 15) is 23.8 Å². The molecule has 1 fully saturated rings. The second-order valence-corrected chi connectivity index (χ2v) is 9.05.